The molecule has 0 aliphatic carbocycles. The van der Waals surface area contributed by atoms with Crippen LogP contribution in [0.15, 0.2) is 17.0 Å². The molecule has 0 radical (unpaired) electrons. The second-order valence-electron chi connectivity index (χ2n) is 3.76. The molecule has 1 aromatic carbocycles. The van der Waals surface area contributed by atoms with Crippen molar-refractivity contribution in [3.63, 3.8) is 0 Å². The van der Waals surface area contributed by atoms with Gasteiger partial charge in [0.25, 0.3) is 0 Å². The van der Waals surface area contributed by atoms with Crippen molar-refractivity contribution < 1.29 is 31.5 Å². The Morgan fingerprint density at radius 2 is 1.89 bits per heavy atom. The maximum Gasteiger partial charge on any atom is 0.307 e. The highest BCUT2D eigenvalue weighted by Gasteiger charge is 2.25. The molecule has 0 aliphatic rings. The van der Waals surface area contributed by atoms with Crippen LogP contribution in [0.2, 0.25) is 0 Å². The second kappa shape index (κ2) is 5.57. The Morgan fingerprint density at radius 1 is 1.32 bits per heavy atom. The Labute approximate surface area is 107 Å². The molecule has 0 amide bonds. The molecule has 1 atom stereocenters. The van der Waals surface area contributed by atoms with Gasteiger partial charge in [0.1, 0.15) is 4.90 Å². The molecule has 0 bridgehead atoms. The zero-order valence-electron chi connectivity index (χ0n) is 9.65. The van der Waals surface area contributed by atoms with Crippen molar-refractivity contribution in [2.75, 3.05) is 6.54 Å². The van der Waals surface area contributed by atoms with E-state index >= 15 is 0 Å². The molecule has 0 saturated heterocycles. The molecule has 1 unspecified atom stereocenters. The van der Waals surface area contributed by atoms with Crippen LogP contribution in [-0.2, 0) is 14.8 Å². The van der Waals surface area contributed by atoms with Crippen LogP contribution in [0.25, 0.3) is 0 Å². The number of hydrogen-bond acceptors (Lipinski definition) is 3. The fourth-order valence-corrected chi connectivity index (χ4v) is 2.31. The van der Waals surface area contributed by atoms with E-state index in [4.69, 9.17) is 5.11 Å². The average molecular weight is 297 g/mol. The lowest BCUT2D eigenvalue weighted by molar-refractivity contribution is -0.140. The fraction of sp³-hybridized carbons (Fsp3) is 0.300. The highest BCUT2D eigenvalue weighted by molar-refractivity contribution is 7.89. The summed E-state index contributed by atoms with van der Waals surface area (Å²) in [6.07, 6.45) is 0. The van der Waals surface area contributed by atoms with Gasteiger partial charge in [-0.05, 0) is 12.1 Å². The van der Waals surface area contributed by atoms with Crippen LogP contribution in [0.3, 0.4) is 0 Å². The number of hydrogen-bond donors (Lipinski definition) is 2. The fourth-order valence-electron chi connectivity index (χ4n) is 1.12. The molecule has 0 aromatic heterocycles. The predicted molar refractivity (Wildman–Crippen MR) is 58.3 cm³/mol. The molecule has 0 saturated carbocycles. The highest BCUT2D eigenvalue weighted by atomic mass is 32.2. The number of halogens is 3. The Hall–Kier alpha value is -1.61. The van der Waals surface area contributed by atoms with Gasteiger partial charge in [-0.1, -0.05) is 6.92 Å². The van der Waals surface area contributed by atoms with Gasteiger partial charge in [-0.3, -0.25) is 4.79 Å². The molecule has 0 heterocycles. The van der Waals surface area contributed by atoms with Crippen LogP contribution in [0.4, 0.5) is 13.2 Å². The van der Waals surface area contributed by atoms with Gasteiger partial charge in [0.15, 0.2) is 17.5 Å². The summed E-state index contributed by atoms with van der Waals surface area (Å²) < 4.78 is 63.9. The van der Waals surface area contributed by atoms with Gasteiger partial charge in [-0.25, -0.2) is 26.3 Å². The Morgan fingerprint density at radius 3 is 2.42 bits per heavy atom. The molecule has 2 N–H and O–H groups in total. The first kappa shape index (κ1) is 15.4. The van der Waals surface area contributed by atoms with Crippen molar-refractivity contribution in [2.45, 2.75) is 11.8 Å². The van der Waals surface area contributed by atoms with Crippen LogP contribution in [-0.4, -0.2) is 26.0 Å². The van der Waals surface area contributed by atoms with Crippen molar-refractivity contribution in [1.82, 2.24) is 4.72 Å². The molecule has 9 heteroatoms. The number of sulfonamides is 1. The van der Waals surface area contributed by atoms with Crippen LogP contribution in [0.1, 0.15) is 6.92 Å². The summed E-state index contributed by atoms with van der Waals surface area (Å²) in [5, 5.41) is 8.57. The Bertz CT molecular complexity index is 603. The van der Waals surface area contributed by atoms with Crippen LogP contribution >= 0.6 is 0 Å². The Kier molecular flexibility index (Phi) is 4.53. The van der Waals surface area contributed by atoms with Gasteiger partial charge in [0.2, 0.25) is 10.0 Å². The van der Waals surface area contributed by atoms with Crippen LogP contribution in [0.5, 0.6) is 0 Å². The van der Waals surface area contributed by atoms with E-state index in [2.05, 4.69) is 0 Å². The number of carboxylic acids is 1. The first-order valence-electron chi connectivity index (χ1n) is 5.02. The maximum atomic E-state index is 13.3. The van der Waals surface area contributed by atoms with E-state index in [0.29, 0.717) is 12.1 Å². The first-order valence-corrected chi connectivity index (χ1v) is 6.51. The quantitative estimate of drug-likeness (QED) is 0.797. The summed E-state index contributed by atoms with van der Waals surface area (Å²) in [5.41, 5.74) is 0. The molecule has 0 fully saturated rings. The van der Waals surface area contributed by atoms with Crippen LogP contribution in [0, 0.1) is 23.4 Å². The first-order chi connectivity index (χ1) is 8.66. The third kappa shape index (κ3) is 3.44. The average Bonchev–Trinajstić information content (AvgIpc) is 2.32. The summed E-state index contributed by atoms with van der Waals surface area (Å²) in [6.45, 7) is 0.725. The van der Waals surface area contributed by atoms with Gasteiger partial charge in [0.05, 0.1) is 5.92 Å². The lowest BCUT2D eigenvalue weighted by Gasteiger charge is -2.10. The number of carboxylic acid groups (broad SMARTS) is 1. The van der Waals surface area contributed by atoms with E-state index < -0.39 is 50.8 Å². The lowest BCUT2D eigenvalue weighted by atomic mass is 10.2. The standard InChI is InChI=1S/C10H10F3NO4S/c1-5(10(15)16)4-14-19(17,18)7-3-2-6(11)8(12)9(7)13/h2-3,5,14H,4H2,1H3,(H,15,16). The van der Waals surface area contributed by atoms with E-state index in [1.807, 2.05) is 0 Å². The SMILES string of the molecule is CC(CNS(=O)(=O)c1ccc(F)c(F)c1F)C(=O)O. The lowest BCUT2D eigenvalue weighted by Crippen LogP contribution is -2.32. The van der Waals surface area contributed by atoms with Gasteiger partial charge in [-0.2, -0.15) is 0 Å². The molecule has 19 heavy (non-hydrogen) atoms. The molecular formula is C10H10F3NO4S. The largest absolute Gasteiger partial charge is 0.481 e. The topological polar surface area (TPSA) is 83.5 Å². The molecule has 5 nitrogen and oxygen atoms in total. The van der Waals surface area contributed by atoms with Crippen molar-refractivity contribution in [1.29, 1.82) is 0 Å². The molecule has 0 aliphatic heterocycles. The van der Waals surface area contributed by atoms with Gasteiger partial charge < -0.3 is 5.11 Å². The summed E-state index contributed by atoms with van der Waals surface area (Å²) >= 11 is 0. The van der Waals surface area contributed by atoms with Gasteiger partial charge in [-0.15, -0.1) is 0 Å². The van der Waals surface area contributed by atoms with E-state index in [1.165, 1.54) is 6.92 Å². The summed E-state index contributed by atoms with van der Waals surface area (Å²) in [5.74, 6) is -7.59. The number of aliphatic carboxylic acids is 1. The third-order valence-corrected chi connectivity index (χ3v) is 3.73. The van der Waals surface area contributed by atoms with Gasteiger partial charge >= 0.3 is 5.97 Å². The molecule has 1 rings (SSSR count). The minimum atomic E-state index is -4.45. The minimum absolute atomic E-state index is 0.466. The highest BCUT2D eigenvalue weighted by Crippen LogP contribution is 2.19. The van der Waals surface area contributed by atoms with E-state index in [9.17, 15) is 26.4 Å². The second-order valence-corrected chi connectivity index (χ2v) is 5.50. The zero-order chi connectivity index (χ0) is 14.8. The van der Waals surface area contributed by atoms with Crippen molar-refractivity contribution in [3.8, 4) is 0 Å². The van der Waals surface area contributed by atoms with Crippen molar-refractivity contribution in [2.24, 2.45) is 5.92 Å². The normalized spacial score (nSPS) is 13.3. The molecule has 106 valence electrons. The summed E-state index contributed by atoms with van der Waals surface area (Å²) in [6, 6.07) is 1.02. The van der Waals surface area contributed by atoms with Crippen molar-refractivity contribution >= 4 is 16.0 Å². The van der Waals surface area contributed by atoms with Gasteiger partial charge in [0, 0.05) is 6.54 Å². The van der Waals surface area contributed by atoms with E-state index in [1.54, 1.807) is 4.72 Å². The number of benzene rings is 1. The molecular weight excluding hydrogens is 287 g/mol. The smallest absolute Gasteiger partial charge is 0.307 e. The third-order valence-electron chi connectivity index (χ3n) is 2.29. The zero-order valence-corrected chi connectivity index (χ0v) is 10.5. The molecule has 0 spiro atoms. The Balaban J connectivity index is 3.02. The summed E-state index contributed by atoms with van der Waals surface area (Å²) in [7, 11) is -4.45. The summed E-state index contributed by atoms with van der Waals surface area (Å²) in [4.78, 5) is 9.42. The van der Waals surface area contributed by atoms with Crippen LogP contribution < -0.4 is 4.72 Å². The number of nitrogens with one attached hydrogen (secondary N) is 1. The monoisotopic (exact) mass is 297 g/mol. The number of rotatable bonds is 5. The predicted octanol–water partition coefficient (Wildman–Crippen LogP) is 1.10. The van der Waals surface area contributed by atoms with E-state index in [-0.39, 0.29) is 0 Å². The molecule has 1 aromatic rings. The maximum absolute atomic E-state index is 13.3. The van der Waals surface area contributed by atoms with Crippen molar-refractivity contribution in [3.05, 3.63) is 29.6 Å². The van der Waals surface area contributed by atoms with E-state index in [0.717, 1.165) is 0 Å². The minimum Gasteiger partial charge on any atom is -0.481 e. The number of carbonyl (C=O) groups is 1.